The van der Waals surface area contributed by atoms with Gasteiger partial charge in [0.1, 0.15) is 0 Å². The Kier molecular flexibility index (Phi) is 4.99. The van der Waals surface area contributed by atoms with Crippen molar-refractivity contribution in [3.05, 3.63) is 65.2 Å². The Morgan fingerprint density at radius 2 is 1.85 bits per heavy atom. The number of benzene rings is 2. The van der Waals surface area contributed by atoms with Crippen molar-refractivity contribution in [3.63, 3.8) is 0 Å². The Bertz CT molecular complexity index is 852. The van der Waals surface area contributed by atoms with E-state index in [1.807, 2.05) is 11.0 Å². The summed E-state index contributed by atoms with van der Waals surface area (Å²) >= 11 is 0. The molecule has 1 N–H and O–H groups in total. The highest BCUT2D eigenvalue weighted by atomic mass is 16.3. The maximum atomic E-state index is 12.9. The zero-order chi connectivity index (χ0) is 18.8. The maximum absolute atomic E-state index is 12.9. The van der Waals surface area contributed by atoms with Gasteiger partial charge in [-0.25, -0.2) is 0 Å². The van der Waals surface area contributed by atoms with Crippen LogP contribution in [-0.4, -0.2) is 48.2 Å². The van der Waals surface area contributed by atoms with E-state index in [-0.39, 0.29) is 12.0 Å². The summed E-state index contributed by atoms with van der Waals surface area (Å²) in [6, 6.07) is 16.8. The fourth-order valence-corrected chi connectivity index (χ4v) is 3.92. The second-order valence-electron chi connectivity index (χ2n) is 7.57. The highest BCUT2D eigenvalue weighted by Gasteiger charge is 2.26. The van der Waals surface area contributed by atoms with Crippen LogP contribution in [0.5, 0.6) is 0 Å². The SMILES string of the molecule is Cc1ccc2c(c1)N(CC(=O)N1CCC(O)CC1)CC(c1ccccc1)=C2. The Labute approximate surface area is 160 Å². The lowest BCUT2D eigenvalue weighted by atomic mass is 9.96. The first-order valence-corrected chi connectivity index (χ1v) is 9.67. The second kappa shape index (κ2) is 7.57. The molecule has 0 aliphatic carbocycles. The molecule has 4 nitrogen and oxygen atoms in total. The Morgan fingerprint density at radius 1 is 1.11 bits per heavy atom. The maximum Gasteiger partial charge on any atom is 0.242 e. The third-order valence-corrected chi connectivity index (χ3v) is 5.51. The highest BCUT2D eigenvalue weighted by molar-refractivity contribution is 5.93. The van der Waals surface area contributed by atoms with Crippen LogP contribution in [-0.2, 0) is 4.79 Å². The predicted molar refractivity (Wildman–Crippen MR) is 110 cm³/mol. The number of aliphatic hydroxyl groups is 1. The van der Waals surface area contributed by atoms with Gasteiger partial charge in [-0.1, -0.05) is 42.5 Å². The minimum absolute atomic E-state index is 0.142. The first-order valence-electron chi connectivity index (χ1n) is 9.67. The number of carbonyl (C=O) groups excluding carboxylic acids is 1. The molecule has 0 aromatic heterocycles. The first-order chi connectivity index (χ1) is 13.1. The fraction of sp³-hybridized carbons (Fsp3) is 0.348. The molecule has 2 aliphatic rings. The highest BCUT2D eigenvalue weighted by Crippen LogP contribution is 2.33. The van der Waals surface area contributed by atoms with E-state index in [2.05, 4.69) is 60.4 Å². The van der Waals surface area contributed by atoms with Crippen LogP contribution in [0.4, 0.5) is 5.69 Å². The fourth-order valence-electron chi connectivity index (χ4n) is 3.92. The molecule has 1 fully saturated rings. The summed E-state index contributed by atoms with van der Waals surface area (Å²) < 4.78 is 0. The van der Waals surface area contributed by atoms with Gasteiger partial charge in [-0.3, -0.25) is 4.79 Å². The molecule has 2 aromatic rings. The molecule has 27 heavy (non-hydrogen) atoms. The topological polar surface area (TPSA) is 43.8 Å². The van der Waals surface area contributed by atoms with Gasteiger partial charge in [0.15, 0.2) is 0 Å². The smallest absolute Gasteiger partial charge is 0.242 e. The standard InChI is InChI=1S/C23H26N2O2/c1-17-7-8-19-14-20(18-5-3-2-4-6-18)15-25(22(19)13-17)16-23(27)24-11-9-21(26)10-12-24/h2-8,13-14,21,26H,9-12,15-16H2,1H3. The molecule has 0 unspecified atom stereocenters. The molecule has 2 heterocycles. The van der Waals surface area contributed by atoms with Crippen LogP contribution in [0.2, 0.25) is 0 Å². The van der Waals surface area contributed by atoms with Crippen molar-refractivity contribution in [2.45, 2.75) is 25.9 Å². The number of rotatable bonds is 3. The molecule has 2 aliphatic heterocycles. The number of carbonyl (C=O) groups is 1. The van der Waals surface area contributed by atoms with Gasteiger partial charge >= 0.3 is 0 Å². The number of fused-ring (bicyclic) bond motifs is 1. The molecule has 140 valence electrons. The number of hydrogen-bond acceptors (Lipinski definition) is 3. The van der Waals surface area contributed by atoms with Gasteiger partial charge in [-0.2, -0.15) is 0 Å². The first kappa shape index (κ1) is 17.8. The quantitative estimate of drug-likeness (QED) is 0.911. The number of hydrogen-bond donors (Lipinski definition) is 1. The number of likely N-dealkylation sites (tertiary alicyclic amines) is 1. The van der Waals surface area contributed by atoms with Crippen LogP contribution in [0.25, 0.3) is 11.6 Å². The average Bonchev–Trinajstić information content (AvgIpc) is 2.69. The molecule has 2 aromatic carbocycles. The molecule has 1 saturated heterocycles. The third-order valence-electron chi connectivity index (χ3n) is 5.51. The molecule has 0 atom stereocenters. The van der Waals surface area contributed by atoms with Crippen molar-refractivity contribution >= 4 is 23.2 Å². The van der Waals surface area contributed by atoms with Crippen molar-refractivity contribution in [1.82, 2.24) is 4.90 Å². The summed E-state index contributed by atoms with van der Waals surface area (Å²) in [7, 11) is 0. The van der Waals surface area contributed by atoms with E-state index in [9.17, 15) is 9.90 Å². The lowest BCUT2D eigenvalue weighted by Crippen LogP contribution is -2.46. The summed E-state index contributed by atoms with van der Waals surface area (Å²) in [5.74, 6) is 0.142. The summed E-state index contributed by atoms with van der Waals surface area (Å²) in [5.41, 5.74) is 5.91. The lowest BCUT2D eigenvalue weighted by Gasteiger charge is -2.35. The van der Waals surface area contributed by atoms with Crippen LogP contribution in [0.3, 0.4) is 0 Å². The van der Waals surface area contributed by atoms with Crippen LogP contribution >= 0.6 is 0 Å². The normalized spacial score (nSPS) is 17.5. The molecule has 0 spiro atoms. The summed E-state index contributed by atoms with van der Waals surface area (Å²) in [6.45, 7) is 4.48. The Morgan fingerprint density at radius 3 is 2.59 bits per heavy atom. The number of anilines is 1. The second-order valence-corrected chi connectivity index (χ2v) is 7.57. The lowest BCUT2D eigenvalue weighted by molar-refractivity contribution is -0.131. The van der Waals surface area contributed by atoms with Crippen LogP contribution in [0.1, 0.15) is 29.5 Å². The van der Waals surface area contributed by atoms with Crippen molar-refractivity contribution in [2.75, 3.05) is 31.1 Å². The van der Waals surface area contributed by atoms with Crippen molar-refractivity contribution in [3.8, 4) is 0 Å². The van der Waals surface area contributed by atoms with Crippen molar-refractivity contribution in [2.24, 2.45) is 0 Å². The number of aryl methyl sites for hydroxylation is 1. The van der Waals surface area contributed by atoms with E-state index in [0.717, 1.165) is 17.8 Å². The van der Waals surface area contributed by atoms with Crippen LogP contribution < -0.4 is 4.90 Å². The summed E-state index contributed by atoms with van der Waals surface area (Å²) in [5, 5.41) is 9.70. The molecular weight excluding hydrogens is 336 g/mol. The number of amides is 1. The average molecular weight is 362 g/mol. The minimum atomic E-state index is -0.264. The third kappa shape index (κ3) is 3.91. The molecule has 4 rings (SSSR count). The zero-order valence-electron chi connectivity index (χ0n) is 15.8. The Balaban J connectivity index is 1.59. The van der Waals surface area contributed by atoms with Gasteiger partial charge in [-0.05, 0) is 54.2 Å². The monoisotopic (exact) mass is 362 g/mol. The van der Waals surface area contributed by atoms with E-state index in [4.69, 9.17) is 0 Å². The van der Waals surface area contributed by atoms with E-state index in [1.165, 1.54) is 16.7 Å². The molecule has 1 amide bonds. The summed E-state index contributed by atoms with van der Waals surface area (Å²) in [4.78, 5) is 17.0. The van der Waals surface area contributed by atoms with Gasteiger partial charge in [0.25, 0.3) is 0 Å². The zero-order valence-corrected chi connectivity index (χ0v) is 15.8. The number of piperidine rings is 1. The van der Waals surface area contributed by atoms with Crippen molar-refractivity contribution in [1.29, 1.82) is 0 Å². The van der Waals surface area contributed by atoms with Crippen molar-refractivity contribution < 1.29 is 9.90 Å². The van der Waals surface area contributed by atoms with Gasteiger partial charge in [0, 0.05) is 25.3 Å². The molecule has 0 saturated carbocycles. The molecule has 4 heteroatoms. The van der Waals surface area contributed by atoms with Gasteiger partial charge in [0.2, 0.25) is 5.91 Å². The number of aliphatic hydroxyl groups excluding tert-OH is 1. The minimum Gasteiger partial charge on any atom is -0.393 e. The van der Waals surface area contributed by atoms with E-state index >= 15 is 0 Å². The largest absolute Gasteiger partial charge is 0.393 e. The van der Waals surface area contributed by atoms with E-state index in [1.54, 1.807) is 0 Å². The van der Waals surface area contributed by atoms with Gasteiger partial charge < -0.3 is 14.9 Å². The number of nitrogens with zero attached hydrogens (tertiary/aromatic N) is 2. The van der Waals surface area contributed by atoms with E-state index < -0.39 is 0 Å². The van der Waals surface area contributed by atoms with Gasteiger partial charge in [0.05, 0.1) is 12.6 Å². The Hall–Kier alpha value is -2.59. The molecule has 0 bridgehead atoms. The van der Waals surface area contributed by atoms with Crippen LogP contribution in [0, 0.1) is 6.92 Å². The van der Waals surface area contributed by atoms with Crippen LogP contribution in [0.15, 0.2) is 48.5 Å². The van der Waals surface area contributed by atoms with E-state index in [0.29, 0.717) is 32.5 Å². The van der Waals surface area contributed by atoms with Gasteiger partial charge in [-0.15, -0.1) is 0 Å². The predicted octanol–water partition coefficient (Wildman–Crippen LogP) is 3.34. The molecular formula is C23H26N2O2. The summed E-state index contributed by atoms with van der Waals surface area (Å²) in [6.07, 6.45) is 3.33. The molecule has 0 radical (unpaired) electrons.